The highest BCUT2D eigenvalue weighted by Gasteiger charge is 2.16. The number of aromatic nitrogens is 2. The molecule has 2 N–H and O–H groups in total. The van der Waals surface area contributed by atoms with Crippen molar-refractivity contribution in [2.45, 2.75) is 11.9 Å². The summed E-state index contributed by atoms with van der Waals surface area (Å²) in [7, 11) is 3.25. The van der Waals surface area contributed by atoms with Crippen LogP contribution in [0.4, 0.5) is 0 Å². The van der Waals surface area contributed by atoms with Gasteiger partial charge in [-0.1, -0.05) is 53.7 Å². The summed E-state index contributed by atoms with van der Waals surface area (Å²) in [6.07, 6.45) is 0. The Kier molecular flexibility index (Phi) is 7.32. The number of hydrogen-bond donors (Lipinski definition) is 2. The Morgan fingerprint density at radius 2 is 1.93 bits per heavy atom. The largest absolute Gasteiger partial charge is 0.497 e. The molecule has 0 saturated carbocycles. The first-order valence-electron chi connectivity index (χ1n) is 9.30. The summed E-state index contributed by atoms with van der Waals surface area (Å²) in [6, 6.07) is 16.0. The molecule has 0 aliphatic rings. The number of hydrogen-bond acceptors (Lipinski definition) is 5. The Hall–Kier alpha value is -2.77. The Labute approximate surface area is 175 Å². The first-order chi connectivity index (χ1) is 14.1. The summed E-state index contributed by atoms with van der Waals surface area (Å²) in [4.78, 5) is 20.3. The molecular weight excluding hydrogens is 386 g/mol. The van der Waals surface area contributed by atoms with E-state index in [2.05, 4.69) is 41.5 Å². The molecule has 3 rings (SSSR count). The van der Waals surface area contributed by atoms with E-state index in [1.54, 1.807) is 14.2 Å². The molecule has 3 aromatic rings. The zero-order valence-corrected chi connectivity index (χ0v) is 17.6. The molecule has 1 aromatic heterocycles. The summed E-state index contributed by atoms with van der Waals surface area (Å²) in [5, 5.41) is 3.62. The van der Waals surface area contributed by atoms with E-state index in [1.165, 1.54) is 17.3 Å². The monoisotopic (exact) mass is 411 g/mol. The second-order valence-corrected chi connectivity index (χ2v) is 7.46. The molecule has 0 unspecified atom stereocenters. The molecule has 2 aromatic carbocycles. The van der Waals surface area contributed by atoms with Crippen LogP contribution in [0.3, 0.4) is 0 Å². The number of rotatable bonds is 9. The third kappa shape index (κ3) is 5.62. The Morgan fingerprint density at radius 3 is 2.66 bits per heavy atom. The Morgan fingerprint density at radius 1 is 1.14 bits per heavy atom. The highest BCUT2D eigenvalue weighted by Crippen LogP contribution is 2.33. The van der Waals surface area contributed by atoms with Crippen molar-refractivity contribution in [1.29, 1.82) is 0 Å². The minimum absolute atomic E-state index is 0.0483. The summed E-state index contributed by atoms with van der Waals surface area (Å²) in [5.74, 6) is 1.74. The minimum atomic E-state index is -0.0483. The fourth-order valence-corrected chi connectivity index (χ4v) is 3.60. The van der Waals surface area contributed by atoms with Gasteiger partial charge in [-0.05, 0) is 19.1 Å². The molecule has 0 saturated heterocycles. The highest BCUT2D eigenvalue weighted by atomic mass is 32.2. The van der Waals surface area contributed by atoms with Crippen molar-refractivity contribution in [3.05, 3.63) is 54.1 Å². The van der Waals surface area contributed by atoms with E-state index in [1.807, 2.05) is 24.3 Å². The molecule has 0 fully saturated rings. The lowest BCUT2D eigenvalue weighted by Crippen LogP contribution is -2.28. The molecule has 0 aliphatic carbocycles. The van der Waals surface area contributed by atoms with Gasteiger partial charge >= 0.3 is 0 Å². The van der Waals surface area contributed by atoms with Crippen LogP contribution >= 0.6 is 11.8 Å². The summed E-state index contributed by atoms with van der Waals surface area (Å²) >= 11 is 1.41. The maximum absolute atomic E-state index is 12.1. The van der Waals surface area contributed by atoms with Crippen LogP contribution in [0, 0.1) is 6.92 Å². The van der Waals surface area contributed by atoms with E-state index in [-0.39, 0.29) is 11.7 Å². The number of H-pyrrole nitrogens is 1. The smallest absolute Gasteiger partial charge is 0.230 e. The number of imidazole rings is 1. The maximum atomic E-state index is 12.1. The van der Waals surface area contributed by atoms with Gasteiger partial charge < -0.3 is 19.8 Å². The number of carbonyl (C=O) groups is 1. The fourth-order valence-electron chi connectivity index (χ4n) is 2.76. The second-order valence-electron chi connectivity index (χ2n) is 6.49. The van der Waals surface area contributed by atoms with Crippen LogP contribution in [0.1, 0.15) is 5.56 Å². The van der Waals surface area contributed by atoms with Gasteiger partial charge in [0, 0.05) is 24.8 Å². The topological polar surface area (TPSA) is 76.2 Å². The number of nitrogens with zero attached hydrogens (tertiary/aromatic N) is 1. The third-order valence-corrected chi connectivity index (χ3v) is 5.30. The maximum Gasteiger partial charge on any atom is 0.230 e. The van der Waals surface area contributed by atoms with E-state index in [9.17, 15) is 4.79 Å². The van der Waals surface area contributed by atoms with Crippen LogP contribution in [-0.2, 0) is 9.53 Å². The van der Waals surface area contributed by atoms with Crippen LogP contribution in [0.5, 0.6) is 5.75 Å². The van der Waals surface area contributed by atoms with Crippen molar-refractivity contribution in [3.8, 4) is 28.4 Å². The molecule has 6 nitrogen and oxygen atoms in total. The SMILES string of the molecule is COCCNC(=O)CSc1nc(-c2cccc(OC)c2)[nH]c1-c1ccc(C)cc1. The van der Waals surface area contributed by atoms with Gasteiger partial charge in [-0.3, -0.25) is 4.79 Å². The number of nitrogens with one attached hydrogen (secondary N) is 2. The van der Waals surface area contributed by atoms with Gasteiger partial charge in [-0.2, -0.15) is 0 Å². The zero-order valence-electron chi connectivity index (χ0n) is 16.8. The van der Waals surface area contributed by atoms with Gasteiger partial charge in [0.2, 0.25) is 5.91 Å². The molecule has 0 radical (unpaired) electrons. The van der Waals surface area contributed by atoms with Crippen LogP contribution in [0.25, 0.3) is 22.6 Å². The predicted octanol–water partition coefficient (Wildman–Crippen LogP) is 3.92. The summed E-state index contributed by atoms with van der Waals surface area (Å²) in [5.41, 5.74) is 4.04. The average molecular weight is 412 g/mol. The van der Waals surface area contributed by atoms with E-state index < -0.39 is 0 Å². The molecular formula is C22H25N3O3S. The number of methoxy groups -OCH3 is 2. The number of carbonyl (C=O) groups excluding carboxylic acids is 1. The lowest BCUT2D eigenvalue weighted by Gasteiger charge is -2.05. The van der Waals surface area contributed by atoms with Crippen LogP contribution in [0.2, 0.25) is 0 Å². The number of aromatic amines is 1. The number of aryl methyl sites for hydroxylation is 1. The lowest BCUT2D eigenvalue weighted by atomic mass is 10.1. The van der Waals surface area contributed by atoms with Gasteiger partial charge in [-0.15, -0.1) is 0 Å². The number of amides is 1. The van der Waals surface area contributed by atoms with Crippen LogP contribution in [0.15, 0.2) is 53.6 Å². The molecule has 152 valence electrons. The fraction of sp³-hybridized carbons (Fsp3) is 0.273. The molecule has 0 atom stereocenters. The first-order valence-corrected chi connectivity index (χ1v) is 10.3. The third-order valence-electron chi connectivity index (χ3n) is 4.32. The van der Waals surface area contributed by atoms with Crippen molar-refractivity contribution in [3.63, 3.8) is 0 Å². The van der Waals surface area contributed by atoms with Crippen LogP contribution in [-0.4, -0.2) is 49.0 Å². The summed E-state index contributed by atoms with van der Waals surface area (Å²) in [6.45, 7) is 3.04. The Balaban J connectivity index is 1.87. The Bertz CT molecular complexity index is 954. The average Bonchev–Trinajstić information content (AvgIpc) is 3.17. The molecule has 1 amide bonds. The summed E-state index contributed by atoms with van der Waals surface area (Å²) < 4.78 is 10.3. The van der Waals surface area contributed by atoms with E-state index in [0.29, 0.717) is 13.2 Å². The minimum Gasteiger partial charge on any atom is -0.497 e. The van der Waals surface area contributed by atoms with E-state index in [4.69, 9.17) is 14.5 Å². The molecule has 7 heteroatoms. The van der Waals surface area contributed by atoms with Crippen LogP contribution < -0.4 is 10.1 Å². The van der Waals surface area contributed by atoms with Gasteiger partial charge in [0.1, 0.15) is 16.6 Å². The second kappa shape index (κ2) is 10.1. The normalized spacial score (nSPS) is 10.7. The molecule has 0 bridgehead atoms. The van der Waals surface area contributed by atoms with Crippen molar-refractivity contribution >= 4 is 17.7 Å². The number of thioether (sulfide) groups is 1. The van der Waals surface area contributed by atoms with Crippen molar-refractivity contribution < 1.29 is 14.3 Å². The quantitative estimate of drug-likeness (QED) is 0.412. The number of ether oxygens (including phenoxy) is 2. The van der Waals surface area contributed by atoms with Crippen molar-refractivity contribution in [2.24, 2.45) is 0 Å². The molecule has 1 heterocycles. The first kappa shape index (κ1) is 21.0. The standard InChI is InChI=1S/C22H25N3O3S/c1-15-7-9-16(10-8-15)20-22(29-14-19(26)23-11-12-27-2)25-21(24-20)17-5-4-6-18(13-17)28-3/h4-10,13H,11-12,14H2,1-3H3,(H,23,26)(H,24,25). The van der Waals surface area contributed by atoms with Gasteiger partial charge in [0.05, 0.1) is 25.2 Å². The molecule has 0 aliphatic heterocycles. The zero-order chi connectivity index (χ0) is 20.6. The number of benzene rings is 2. The van der Waals surface area contributed by atoms with Gasteiger partial charge in [0.15, 0.2) is 0 Å². The van der Waals surface area contributed by atoms with E-state index in [0.717, 1.165) is 33.4 Å². The van der Waals surface area contributed by atoms with Crippen molar-refractivity contribution in [1.82, 2.24) is 15.3 Å². The van der Waals surface area contributed by atoms with Crippen molar-refractivity contribution in [2.75, 3.05) is 33.1 Å². The van der Waals surface area contributed by atoms with Gasteiger partial charge in [0.25, 0.3) is 0 Å². The predicted molar refractivity (Wildman–Crippen MR) is 116 cm³/mol. The lowest BCUT2D eigenvalue weighted by molar-refractivity contribution is -0.118. The molecule has 0 spiro atoms. The van der Waals surface area contributed by atoms with Gasteiger partial charge in [-0.25, -0.2) is 4.98 Å². The highest BCUT2D eigenvalue weighted by molar-refractivity contribution is 8.00. The van der Waals surface area contributed by atoms with E-state index >= 15 is 0 Å². The molecule has 29 heavy (non-hydrogen) atoms.